The van der Waals surface area contributed by atoms with Crippen LogP contribution >= 0.6 is 11.6 Å². The van der Waals surface area contributed by atoms with E-state index in [9.17, 15) is 5.11 Å². The lowest BCUT2D eigenvalue weighted by Crippen LogP contribution is -2.01. The molecule has 0 amide bonds. The molecule has 1 aromatic heterocycles. The largest absolute Gasteiger partial charge is 0.389 e. The first-order valence-corrected chi connectivity index (χ1v) is 6.01. The van der Waals surface area contributed by atoms with Crippen LogP contribution in [-0.4, -0.2) is 14.7 Å². The van der Waals surface area contributed by atoms with Crippen LogP contribution in [0.4, 0.5) is 0 Å². The van der Waals surface area contributed by atoms with Crippen molar-refractivity contribution in [3.63, 3.8) is 0 Å². The van der Waals surface area contributed by atoms with Crippen LogP contribution < -0.4 is 0 Å². The number of hydrogen-bond acceptors (Lipinski definition) is 2. The molecule has 4 heteroatoms. The van der Waals surface area contributed by atoms with Crippen LogP contribution in [0.15, 0.2) is 30.6 Å². The number of rotatable bonds is 3. The van der Waals surface area contributed by atoms with Gasteiger partial charge < -0.3 is 9.67 Å². The van der Waals surface area contributed by atoms with Gasteiger partial charge in [-0.3, -0.25) is 0 Å². The number of aliphatic hydroxyl groups excluding tert-OH is 1. The zero-order valence-electron chi connectivity index (χ0n) is 9.89. The van der Waals surface area contributed by atoms with E-state index in [4.69, 9.17) is 11.6 Å². The second kappa shape index (κ2) is 4.90. The zero-order valence-corrected chi connectivity index (χ0v) is 10.6. The van der Waals surface area contributed by atoms with Gasteiger partial charge in [-0.2, -0.15) is 0 Å². The third kappa shape index (κ3) is 2.35. The predicted molar refractivity (Wildman–Crippen MR) is 68.6 cm³/mol. The van der Waals surface area contributed by atoms with Gasteiger partial charge in [-0.15, -0.1) is 0 Å². The minimum Gasteiger partial charge on any atom is -0.389 e. The molecule has 1 heterocycles. The SMILES string of the molecule is CCc1nccn1-c1ccc([C@@H](C)O)cc1Cl. The first kappa shape index (κ1) is 12.1. The minimum absolute atomic E-state index is 0.505. The van der Waals surface area contributed by atoms with Crippen molar-refractivity contribution in [3.05, 3.63) is 47.0 Å². The highest BCUT2D eigenvalue weighted by atomic mass is 35.5. The number of halogens is 1. The van der Waals surface area contributed by atoms with Crippen molar-refractivity contribution in [2.75, 3.05) is 0 Å². The molecule has 3 nitrogen and oxygen atoms in total. The molecule has 0 aliphatic rings. The number of aryl methyl sites for hydroxylation is 1. The van der Waals surface area contributed by atoms with Crippen molar-refractivity contribution in [2.24, 2.45) is 0 Å². The molecule has 1 N–H and O–H groups in total. The first-order valence-electron chi connectivity index (χ1n) is 5.63. The third-order valence-corrected chi connectivity index (χ3v) is 3.05. The Morgan fingerprint density at radius 2 is 2.24 bits per heavy atom. The van der Waals surface area contributed by atoms with Gasteiger partial charge in [0.1, 0.15) is 5.82 Å². The van der Waals surface area contributed by atoms with Gasteiger partial charge in [0.25, 0.3) is 0 Å². The maximum Gasteiger partial charge on any atom is 0.112 e. The third-order valence-electron chi connectivity index (χ3n) is 2.75. The average molecular weight is 251 g/mol. The minimum atomic E-state index is -0.505. The molecule has 0 saturated carbocycles. The van der Waals surface area contributed by atoms with Crippen LogP contribution in [0, 0.1) is 0 Å². The van der Waals surface area contributed by atoms with Gasteiger partial charge in [0.05, 0.1) is 16.8 Å². The molecule has 90 valence electrons. The molecule has 0 unspecified atom stereocenters. The van der Waals surface area contributed by atoms with E-state index in [1.54, 1.807) is 19.2 Å². The molecular formula is C13H15ClN2O. The Morgan fingerprint density at radius 1 is 1.47 bits per heavy atom. The summed E-state index contributed by atoms with van der Waals surface area (Å²) in [4.78, 5) is 4.26. The van der Waals surface area contributed by atoms with Crippen LogP contribution in [0.25, 0.3) is 5.69 Å². The molecule has 0 radical (unpaired) electrons. The lowest BCUT2D eigenvalue weighted by atomic mass is 10.1. The maximum absolute atomic E-state index is 9.49. The van der Waals surface area contributed by atoms with Crippen molar-refractivity contribution >= 4 is 11.6 Å². The molecule has 0 aliphatic heterocycles. The van der Waals surface area contributed by atoms with Gasteiger partial charge in [-0.05, 0) is 24.6 Å². The lowest BCUT2D eigenvalue weighted by molar-refractivity contribution is 0.199. The van der Waals surface area contributed by atoms with E-state index in [1.165, 1.54) is 0 Å². The second-order valence-electron chi connectivity index (χ2n) is 3.95. The van der Waals surface area contributed by atoms with Crippen LogP contribution in [0.5, 0.6) is 0 Å². The molecular weight excluding hydrogens is 236 g/mol. The van der Waals surface area contributed by atoms with E-state index in [1.807, 2.05) is 22.9 Å². The van der Waals surface area contributed by atoms with E-state index in [0.717, 1.165) is 23.5 Å². The normalized spacial score (nSPS) is 12.7. The summed E-state index contributed by atoms with van der Waals surface area (Å²) in [5.74, 6) is 0.969. The highest BCUT2D eigenvalue weighted by molar-refractivity contribution is 6.32. The quantitative estimate of drug-likeness (QED) is 0.909. The number of aliphatic hydroxyl groups is 1. The smallest absolute Gasteiger partial charge is 0.112 e. The molecule has 2 aromatic rings. The monoisotopic (exact) mass is 250 g/mol. The standard InChI is InChI=1S/C13H15ClN2O/c1-3-13-15-6-7-16(13)12-5-4-10(9(2)17)8-11(12)14/h4-9,17H,3H2,1-2H3/t9-/m1/s1. The molecule has 17 heavy (non-hydrogen) atoms. The summed E-state index contributed by atoms with van der Waals surface area (Å²) >= 11 is 6.23. The Balaban J connectivity index is 2.47. The number of hydrogen-bond donors (Lipinski definition) is 1. The van der Waals surface area contributed by atoms with Gasteiger partial charge in [0.2, 0.25) is 0 Å². The van der Waals surface area contributed by atoms with E-state index in [0.29, 0.717) is 5.02 Å². The molecule has 0 saturated heterocycles. The topological polar surface area (TPSA) is 38.0 Å². The maximum atomic E-state index is 9.49. The van der Waals surface area contributed by atoms with Crippen molar-refractivity contribution < 1.29 is 5.11 Å². The van der Waals surface area contributed by atoms with Crippen molar-refractivity contribution in [3.8, 4) is 5.69 Å². The summed E-state index contributed by atoms with van der Waals surface area (Å²) in [5, 5.41) is 10.1. The molecule has 0 aliphatic carbocycles. The van der Waals surface area contributed by atoms with Crippen LogP contribution in [0.3, 0.4) is 0 Å². The van der Waals surface area contributed by atoms with E-state index in [-0.39, 0.29) is 0 Å². The lowest BCUT2D eigenvalue weighted by Gasteiger charge is -2.11. The fraction of sp³-hybridized carbons (Fsp3) is 0.308. The predicted octanol–water partition coefficient (Wildman–Crippen LogP) is 3.14. The Labute approximate surface area is 106 Å². The fourth-order valence-corrected chi connectivity index (χ4v) is 2.07. The number of benzene rings is 1. The van der Waals surface area contributed by atoms with Gasteiger partial charge in [0.15, 0.2) is 0 Å². The molecule has 1 atom stereocenters. The number of imidazole rings is 1. The Morgan fingerprint density at radius 3 is 2.82 bits per heavy atom. The highest BCUT2D eigenvalue weighted by Crippen LogP contribution is 2.25. The highest BCUT2D eigenvalue weighted by Gasteiger charge is 2.09. The average Bonchev–Trinajstić information content (AvgIpc) is 2.76. The molecule has 0 bridgehead atoms. The Bertz CT molecular complexity index is 520. The summed E-state index contributed by atoms with van der Waals surface area (Å²) < 4.78 is 1.97. The van der Waals surface area contributed by atoms with Crippen molar-refractivity contribution in [1.82, 2.24) is 9.55 Å². The number of aromatic nitrogens is 2. The Hall–Kier alpha value is -1.32. The molecule has 0 fully saturated rings. The van der Waals surface area contributed by atoms with Crippen LogP contribution in [0.1, 0.15) is 31.3 Å². The summed E-state index contributed by atoms with van der Waals surface area (Å²) in [7, 11) is 0. The van der Waals surface area contributed by atoms with Gasteiger partial charge in [-0.25, -0.2) is 4.98 Å². The first-order chi connectivity index (χ1) is 8.13. The zero-order chi connectivity index (χ0) is 12.4. The molecule has 0 spiro atoms. The summed E-state index contributed by atoms with van der Waals surface area (Å²) in [6.45, 7) is 3.77. The summed E-state index contributed by atoms with van der Waals surface area (Å²) in [5.41, 5.74) is 1.71. The summed E-state index contributed by atoms with van der Waals surface area (Å²) in [6, 6.07) is 5.58. The second-order valence-corrected chi connectivity index (χ2v) is 4.36. The summed E-state index contributed by atoms with van der Waals surface area (Å²) in [6.07, 6.45) is 4.00. The van der Waals surface area contributed by atoms with Gasteiger partial charge >= 0.3 is 0 Å². The van der Waals surface area contributed by atoms with Gasteiger partial charge in [0, 0.05) is 18.8 Å². The molecule has 2 rings (SSSR count). The van der Waals surface area contributed by atoms with Gasteiger partial charge in [-0.1, -0.05) is 24.6 Å². The number of nitrogens with zero attached hydrogens (tertiary/aromatic N) is 2. The molecule has 1 aromatic carbocycles. The van der Waals surface area contributed by atoms with Crippen molar-refractivity contribution in [2.45, 2.75) is 26.4 Å². The van der Waals surface area contributed by atoms with E-state index in [2.05, 4.69) is 11.9 Å². The van der Waals surface area contributed by atoms with E-state index < -0.39 is 6.10 Å². The Kier molecular flexibility index (Phi) is 3.50. The van der Waals surface area contributed by atoms with Crippen molar-refractivity contribution in [1.29, 1.82) is 0 Å². The fourth-order valence-electron chi connectivity index (χ4n) is 1.79. The van der Waals surface area contributed by atoms with Crippen LogP contribution in [-0.2, 0) is 6.42 Å². The van der Waals surface area contributed by atoms with E-state index >= 15 is 0 Å². The van der Waals surface area contributed by atoms with Crippen LogP contribution in [0.2, 0.25) is 5.02 Å².